The normalized spacial score (nSPS) is 13.4. The van der Waals surface area contributed by atoms with Gasteiger partial charge in [-0.2, -0.15) is 80.8 Å². The van der Waals surface area contributed by atoms with Crippen LogP contribution in [-0.4, -0.2) is 111 Å². The molecular formula is C36H34N10O19S6. The second-order valence-electron chi connectivity index (χ2n) is 14.3. The second kappa shape index (κ2) is 20.5. The van der Waals surface area contributed by atoms with Gasteiger partial charge >= 0.3 is 0 Å². The van der Waals surface area contributed by atoms with Crippen molar-refractivity contribution in [1.29, 1.82) is 0 Å². The first kappa shape index (κ1) is 53.6. The van der Waals surface area contributed by atoms with Gasteiger partial charge in [0.2, 0.25) is 17.8 Å². The number of hydrogen-bond donors (Lipinski definition) is 9. The van der Waals surface area contributed by atoms with E-state index in [2.05, 4.69) is 51.4 Å². The molecule has 9 N–H and O–H groups in total. The standard InChI is InChI=1S/C36H34N10O19S6/c1-20(67(50,51)52)37-34-40-35(38-22-5-7-23(8-6-22)43-44-24-4-3-21-15-27(69(56,57)58)19-33(28(21)16-24)71(62,63)64)42-36(41-34)39-29-11-9-25(17-31(29)65-13-2-14-66(47,48)49)45-46-30-18-26(68(53,54)55)10-12-32(30)70(59,60)61/h3-12,15-20H,2,13-14H2,1H3,(H,47,48,49)(H,50,51,52)(H,53,54,55)(H,56,57,58)(H,59,60,61)(H,62,63,64)(H3,37,38,39,40,41,42). The lowest BCUT2D eigenvalue weighted by Crippen LogP contribution is -2.27. The predicted molar refractivity (Wildman–Crippen MR) is 248 cm³/mol. The van der Waals surface area contributed by atoms with Gasteiger partial charge in [-0.3, -0.25) is 27.3 Å². The quantitative estimate of drug-likeness (QED) is 0.0254. The van der Waals surface area contributed by atoms with Crippen molar-refractivity contribution < 1.29 is 82.6 Å². The van der Waals surface area contributed by atoms with Crippen LogP contribution in [-0.2, 0) is 60.7 Å². The van der Waals surface area contributed by atoms with Crippen LogP contribution in [0.1, 0.15) is 13.3 Å². The molecule has 0 amide bonds. The summed E-state index contributed by atoms with van der Waals surface area (Å²) < 4.78 is 204. The summed E-state index contributed by atoms with van der Waals surface area (Å²) in [6, 6.07) is 16.9. The molecule has 6 rings (SSSR count). The van der Waals surface area contributed by atoms with Crippen LogP contribution in [0.4, 0.5) is 52.0 Å². The molecule has 0 bridgehead atoms. The highest BCUT2D eigenvalue weighted by molar-refractivity contribution is 7.87. The van der Waals surface area contributed by atoms with Crippen LogP contribution in [0.2, 0.25) is 0 Å². The third-order valence-electron chi connectivity index (χ3n) is 9.06. The van der Waals surface area contributed by atoms with Gasteiger partial charge in [0.25, 0.3) is 60.7 Å². The summed E-state index contributed by atoms with van der Waals surface area (Å²) in [5.74, 6) is -1.90. The molecule has 5 aromatic carbocycles. The van der Waals surface area contributed by atoms with Crippen molar-refractivity contribution >= 4 is 123 Å². The van der Waals surface area contributed by atoms with Crippen LogP contribution in [0.25, 0.3) is 10.8 Å². The molecule has 0 saturated heterocycles. The Morgan fingerprint density at radius 2 is 1.11 bits per heavy atom. The van der Waals surface area contributed by atoms with Crippen molar-refractivity contribution in [3.8, 4) is 5.75 Å². The number of benzene rings is 5. The van der Waals surface area contributed by atoms with E-state index >= 15 is 0 Å². The molecule has 71 heavy (non-hydrogen) atoms. The van der Waals surface area contributed by atoms with Crippen molar-refractivity contribution in [2.45, 2.75) is 38.3 Å². The topological polar surface area (TPSA) is 460 Å². The molecule has 1 aromatic heterocycles. The average Bonchev–Trinajstić information content (AvgIpc) is 3.25. The molecular weight excluding hydrogens is 1070 g/mol. The van der Waals surface area contributed by atoms with Crippen molar-refractivity contribution in [3.05, 3.63) is 91.0 Å². The fraction of sp³-hybridized carbons (Fsp3) is 0.139. The van der Waals surface area contributed by atoms with Gasteiger partial charge in [-0.1, -0.05) is 6.07 Å². The summed E-state index contributed by atoms with van der Waals surface area (Å²) in [4.78, 5) is 9.30. The van der Waals surface area contributed by atoms with Gasteiger partial charge < -0.3 is 20.7 Å². The Balaban J connectivity index is 1.30. The molecule has 1 atom stereocenters. The summed E-state index contributed by atoms with van der Waals surface area (Å²) in [5.41, 5.74) is -0.279. The number of rotatable bonds is 20. The zero-order valence-electron chi connectivity index (χ0n) is 35.4. The first-order valence-electron chi connectivity index (χ1n) is 19.1. The highest BCUT2D eigenvalue weighted by Gasteiger charge is 2.23. The molecule has 378 valence electrons. The lowest BCUT2D eigenvalue weighted by Gasteiger charge is -2.16. The average molecular weight is 1100 g/mol. The lowest BCUT2D eigenvalue weighted by atomic mass is 10.1. The van der Waals surface area contributed by atoms with Crippen LogP contribution in [0, 0.1) is 0 Å². The van der Waals surface area contributed by atoms with E-state index in [1.165, 1.54) is 54.6 Å². The van der Waals surface area contributed by atoms with Crippen molar-refractivity contribution in [3.63, 3.8) is 0 Å². The molecule has 0 aliphatic carbocycles. The Kier molecular flexibility index (Phi) is 15.5. The number of nitrogens with one attached hydrogen (secondary N) is 3. The Labute approximate surface area is 402 Å². The minimum atomic E-state index is -5.00. The summed E-state index contributed by atoms with van der Waals surface area (Å²) in [7, 11) is -28.8. The van der Waals surface area contributed by atoms with Gasteiger partial charge in [0.05, 0.1) is 44.9 Å². The van der Waals surface area contributed by atoms with E-state index in [0.29, 0.717) is 24.3 Å². The number of hydrogen-bond acceptors (Lipinski definition) is 23. The van der Waals surface area contributed by atoms with Gasteiger partial charge in [-0.15, -0.1) is 5.11 Å². The van der Waals surface area contributed by atoms with Crippen LogP contribution < -0.4 is 20.7 Å². The summed E-state index contributed by atoms with van der Waals surface area (Å²) in [6.07, 6.45) is -0.254. The van der Waals surface area contributed by atoms with E-state index < -0.39 is 103 Å². The molecule has 0 aliphatic rings. The minimum absolute atomic E-state index is 0.00748. The van der Waals surface area contributed by atoms with Gasteiger partial charge in [-0.05, 0) is 97.6 Å². The Morgan fingerprint density at radius 3 is 1.72 bits per heavy atom. The molecule has 0 fully saturated rings. The Hall–Kier alpha value is -6.77. The van der Waals surface area contributed by atoms with Crippen LogP contribution in [0.3, 0.4) is 0 Å². The van der Waals surface area contributed by atoms with Crippen molar-refractivity contribution in [2.75, 3.05) is 28.3 Å². The fourth-order valence-corrected chi connectivity index (χ4v) is 8.97. The van der Waals surface area contributed by atoms with Crippen LogP contribution in [0.5, 0.6) is 5.75 Å². The highest BCUT2D eigenvalue weighted by Crippen LogP contribution is 2.36. The number of nitrogens with zero attached hydrogens (tertiary/aromatic N) is 7. The number of aromatic nitrogens is 3. The number of azo groups is 2. The summed E-state index contributed by atoms with van der Waals surface area (Å²) in [6.45, 7) is 0.704. The Bertz CT molecular complexity index is 3830. The van der Waals surface area contributed by atoms with E-state index in [1.54, 1.807) is 0 Å². The van der Waals surface area contributed by atoms with E-state index in [0.717, 1.165) is 19.1 Å². The van der Waals surface area contributed by atoms with Crippen LogP contribution in [0.15, 0.2) is 131 Å². The maximum Gasteiger partial charge on any atom is 0.296 e. The highest BCUT2D eigenvalue weighted by atomic mass is 32.2. The van der Waals surface area contributed by atoms with Gasteiger partial charge in [0, 0.05) is 17.1 Å². The van der Waals surface area contributed by atoms with Crippen molar-refractivity contribution in [2.24, 2.45) is 20.5 Å². The van der Waals surface area contributed by atoms with E-state index in [9.17, 15) is 77.8 Å². The molecule has 1 heterocycles. The maximum atomic E-state index is 12.1. The molecule has 0 radical (unpaired) electrons. The van der Waals surface area contributed by atoms with E-state index in [-0.39, 0.29) is 69.9 Å². The van der Waals surface area contributed by atoms with Gasteiger partial charge in [0.1, 0.15) is 21.2 Å². The third-order valence-corrected chi connectivity index (χ3v) is 14.4. The number of anilines is 5. The van der Waals surface area contributed by atoms with Gasteiger partial charge in [0.15, 0.2) is 5.37 Å². The molecule has 6 aromatic rings. The molecule has 35 heteroatoms. The zero-order chi connectivity index (χ0) is 52.3. The van der Waals surface area contributed by atoms with Crippen molar-refractivity contribution in [1.82, 2.24) is 15.0 Å². The molecule has 0 spiro atoms. The van der Waals surface area contributed by atoms with Gasteiger partial charge in [-0.25, -0.2) is 0 Å². The summed E-state index contributed by atoms with van der Waals surface area (Å²) in [5, 5.41) is 22.0. The first-order valence-corrected chi connectivity index (χ1v) is 28.0. The maximum absolute atomic E-state index is 12.1. The minimum Gasteiger partial charge on any atom is -0.491 e. The first-order chi connectivity index (χ1) is 32.8. The second-order valence-corrected chi connectivity index (χ2v) is 23.3. The number of fused-ring (bicyclic) bond motifs is 1. The largest absolute Gasteiger partial charge is 0.491 e. The lowest BCUT2D eigenvalue weighted by molar-refractivity contribution is 0.317. The molecule has 0 saturated carbocycles. The molecule has 1 unspecified atom stereocenters. The molecule has 29 nitrogen and oxygen atoms in total. The SMILES string of the molecule is CC(Nc1nc(Nc2ccc(N=Nc3ccc4cc(S(=O)(=O)O)cc(S(=O)(=O)O)c4c3)cc2)nc(Nc2ccc(N=Nc3cc(S(=O)(=O)O)ccc3S(=O)(=O)O)cc2OCCCS(=O)(=O)O)n1)S(=O)(=O)O. The smallest absolute Gasteiger partial charge is 0.296 e. The predicted octanol–water partition coefficient (Wildman–Crippen LogP) is 5.63. The van der Waals surface area contributed by atoms with Crippen LogP contribution >= 0.6 is 0 Å². The zero-order valence-corrected chi connectivity index (χ0v) is 40.3. The fourth-order valence-electron chi connectivity index (χ4n) is 5.78. The Morgan fingerprint density at radius 1 is 0.549 bits per heavy atom. The monoisotopic (exact) mass is 1100 g/mol. The van der Waals surface area contributed by atoms with E-state index in [4.69, 9.17) is 4.74 Å². The molecule has 0 aliphatic heterocycles. The van der Waals surface area contributed by atoms with E-state index in [1.807, 2.05) is 0 Å². The number of ether oxygens (including phenoxy) is 1. The summed E-state index contributed by atoms with van der Waals surface area (Å²) >= 11 is 0. The third kappa shape index (κ3) is 14.9.